The molecule has 2 rings (SSSR count). The first-order valence-corrected chi connectivity index (χ1v) is 6.65. The van der Waals surface area contributed by atoms with Crippen molar-refractivity contribution >= 4 is 11.6 Å². The van der Waals surface area contributed by atoms with Gasteiger partial charge in [0.2, 0.25) is 5.91 Å². The molecule has 4 heteroatoms. The second kappa shape index (κ2) is 4.52. The Balaban J connectivity index is 2.29. The van der Waals surface area contributed by atoms with E-state index >= 15 is 0 Å². The summed E-state index contributed by atoms with van der Waals surface area (Å²) in [5, 5.41) is 12.0. The third-order valence-electron chi connectivity index (χ3n) is 4.90. The molecule has 1 aromatic carbocycles. The monoisotopic (exact) mass is 272 g/mol. The van der Waals surface area contributed by atoms with Crippen molar-refractivity contribution < 1.29 is 9.53 Å². The standard InChI is InChI=1S/C16H20N2O2/c1-15(2)13(16(15,3)4)14(19)18-12-10(9-17)7-6-8-11(12)20-5/h6-8,13H,1-5H3,(H,18,19). The van der Waals surface area contributed by atoms with Gasteiger partial charge in [-0.3, -0.25) is 4.79 Å². The molecule has 0 saturated heterocycles. The SMILES string of the molecule is COc1cccc(C#N)c1NC(=O)C1C(C)(C)C1(C)C. The van der Waals surface area contributed by atoms with Crippen molar-refractivity contribution in [1.82, 2.24) is 0 Å². The normalized spacial score (nSPS) is 19.0. The number of carbonyl (C=O) groups is 1. The van der Waals surface area contributed by atoms with Crippen LogP contribution in [-0.4, -0.2) is 13.0 Å². The van der Waals surface area contributed by atoms with E-state index in [2.05, 4.69) is 39.1 Å². The van der Waals surface area contributed by atoms with E-state index in [0.29, 0.717) is 17.0 Å². The van der Waals surface area contributed by atoms with Gasteiger partial charge in [0.25, 0.3) is 0 Å². The molecular formula is C16H20N2O2. The fraction of sp³-hybridized carbons (Fsp3) is 0.500. The van der Waals surface area contributed by atoms with Gasteiger partial charge in [-0.15, -0.1) is 0 Å². The van der Waals surface area contributed by atoms with Gasteiger partial charge in [-0.1, -0.05) is 33.8 Å². The minimum absolute atomic E-state index is 0.0358. The number of methoxy groups -OCH3 is 1. The van der Waals surface area contributed by atoms with Crippen LogP contribution in [0.2, 0.25) is 0 Å². The average Bonchev–Trinajstić information content (AvgIpc) is 2.79. The van der Waals surface area contributed by atoms with Crippen molar-refractivity contribution in [3.8, 4) is 11.8 Å². The molecule has 4 nitrogen and oxygen atoms in total. The van der Waals surface area contributed by atoms with Gasteiger partial charge in [0.05, 0.1) is 12.7 Å². The lowest BCUT2D eigenvalue weighted by Crippen LogP contribution is -2.19. The summed E-state index contributed by atoms with van der Waals surface area (Å²) in [6, 6.07) is 7.22. The number of benzene rings is 1. The molecule has 0 bridgehead atoms. The number of nitrogens with one attached hydrogen (secondary N) is 1. The number of ether oxygens (including phenoxy) is 1. The summed E-state index contributed by atoms with van der Waals surface area (Å²) in [6.07, 6.45) is 0. The Kier molecular flexibility index (Phi) is 3.25. The van der Waals surface area contributed by atoms with Gasteiger partial charge >= 0.3 is 0 Å². The molecule has 20 heavy (non-hydrogen) atoms. The number of hydrogen-bond acceptors (Lipinski definition) is 3. The van der Waals surface area contributed by atoms with Crippen molar-refractivity contribution in [2.75, 3.05) is 12.4 Å². The molecule has 1 N–H and O–H groups in total. The topological polar surface area (TPSA) is 62.1 Å². The molecule has 0 heterocycles. The van der Waals surface area contributed by atoms with Crippen LogP contribution >= 0.6 is 0 Å². The van der Waals surface area contributed by atoms with Crippen LogP contribution in [0.5, 0.6) is 5.75 Å². The lowest BCUT2D eigenvalue weighted by atomic mass is 10.0. The Labute approximate surface area is 119 Å². The molecule has 1 aliphatic rings. The predicted octanol–water partition coefficient (Wildman–Crippen LogP) is 3.19. The number of rotatable bonds is 3. The number of amides is 1. The molecule has 0 unspecified atom stereocenters. The largest absolute Gasteiger partial charge is 0.495 e. The molecule has 0 radical (unpaired) electrons. The van der Waals surface area contributed by atoms with Crippen molar-refractivity contribution in [3.05, 3.63) is 23.8 Å². The second-order valence-corrected chi connectivity index (χ2v) is 6.36. The van der Waals surface area contributed by atoms with Crippen molar-refractivity contribution in [1.29, 1.82) is 5.26 Å². The Morgan fingerprint density at radius 2 is 1.90 bits per heavy atom. The van der Waals surface area contributed by atoms with E-state index < -0.39 is 0 Å². The summed E-state index contributed by atoms with van der Waals surface area (Å²) in [5.74, 6) is 0.390. The third kappa shape index (κ3) is 1.94. The fourth-order valence-electron chi connectivity index (χ4n) is 2.97. The van der Waals surface area contributed by atoms with Gasteiger partial charge in [0.15, 0.2) is 0 Å². The summed E-state index contributed by atoms with van der Waals surface area (Å²) in [4.78, 5) is 12.5. The maximum absolute atomic E-state index is 12.5. The first kappa shape index (κ1) is 14.4. The Morgan fingerprint density at radius 3 is 2.35 bits per heavy atom. The van der Waals surface area contributed by atoms with Crippen LogP contribution in [0.4, 0.5) is 5.69 Å². The van der Waals surface area contributed by atoms with Crippen LogP contribution in [0.1, 0.15) is 33.3 Å². The minimum atomic E-state index is -0.0635. The highest BCUT2D eigenvalue weighted by atomic mass is 16.5. The number of nitrogens with zero attached hydrogens (tertiary/aromatic N) is 1. The molecular weight excluding hydrogens is 252 g/mol. The maximum Gasteiger partial charge on any atom is 0.228 e. The number of anilines is 1. The summed E-state index contributed by atoms with van der Waals surface area (Å²) in [5.41, 5.74) is 0.799. The molecule has 106 valence electrons. The van der Waals surface area contributed by atoms with Crippen LogP contribution in [0.3, 0.4) is 0 Å². The molecule has 0 spiro atoms. The first-order chi connectivity index (χ1) is 9.27. The van der Waals surface area contributed by atoms with Gasteiger partial charge in [-0.2, -0.15) is 5.26 Å². The molecule has 1 saturated carbocycles. The number of carbonyl (C=O) groups excluding carboxylic acids is 1. The molecule has 0 aliphatic heterocycles. The van der Waals surface area contributed by atoms with Crippen LogP contribution in [-0.2, 0) is 4.79 Å². The molecule has 1 fully saturated rings. The van der Waals surface area contributed by atoms with Crippen molar-refractivity contribution in [2.24, 2.45) is 16.7 Å². The second-order valence-electron chi connectivity index (χ2n) is 6.36. The van der Waals surface area contributed by atoms with Gasteiger partial charge in [-0.05, 0) is 23.0 Å². The zero-order valence-electron chi connectivity index (χ0n) is 12.6. The zero-order valence-corrected chi connectivity index (χ0v) is 12.6. The molecule has 1 amide bonds. The maximum atomic E-state index is 12.5. The van der Waals surface area contributed by atoms with Crippen LogP contribution in [0, 0.1) is 28.1 Å². The third-order valence-corrected chi connectivity index (χ3v) is 4.90. The Hall–Kier alpha value is -2.02. The molecule has 1 aliphatic carbocycles. The minimum Gasteiger partial charge on any atom is -0.495 e. The Bertz CT molecular complexity index is 583. The number of hydrogen-bond donors (Lipinski definition) is 1. The van der Waals surface area contributed by atoms with E-state index in [1.807, 2.05) is 0 Å². The van der Waals surface area contributed by atoms with Gasteiger partial charge in [0, 0.05) is 5.92 Å². The van der Waals surface area contributed by atoms with Gasteiger partial charge in [0.1, 0.15) is 17.5 Å². The van der Waals surface area contributed by atoms with Crippen LogP contribution < -0.4 is 10.1 Å². The lowest BCUT2D eigenvalue weighted by molar-refractivity contribution is -0.118. The molecule has 0 aromatic heterocycles. The highest BCUT2D eigenvalue weighted by Gasteiger charge is 2.68. The molecule has 0 atom stereocenters. The van der Waals surface area contributed by atoms with E-state index in [4.69, 9.17) is 10.00 Å². The van der Waals surface area contributed by atoms with E-state index in [1.54, 1.807) is 18.2 Å². The smallest absolute Gasteiger partial charge is 0.228 e. The first-order valence-electron chi connectivity index (χ1n) is 6.65. The summed E-state index contributed by atoms with van der Waals surface area (Å²) >= 11 is 0. The van der Waals surface area contributed by atoms with E-state index in [1.165, 1.54) is 7.11 Å². The van der Waals surface area contributed by atoms with Gasteiger partial charge < -0.3 is 10.1 Å². The quantitative estimate of drug-likeness (QED) is 0.919. The van der Waals surface area contributed by atoms with Crippen LogP contribution in [0.15, 0.2) is 18.2 Å². The van der Waals surface area contributed by atoms with E-state index in [9.17, 15) is 4.79 Å². The highest BCUT2D eigenvalue weighted by Crippen LogP contribution is 2.68. The molecule has 1 aromatic rings. The average molecular weight is 272 g/mol. The Morgan fingerprint density at radius 1 is 1.30 bits per heavy atom. The number of nitriles is 1. The lowest BCUT2D eigenvalue weighted by Gasteiger charge is -2.12. The fourth-order valence-corrected chi connectivity index (χ4v) is 2.97. The van der Waals surface area contributed by atoms with Crippen molar-refractivity contribution in [3.63, 3.8) is 0 Å². The highest BCUT2D eigenvalue weighted by molar-refractivity contribution is 5.98. The summed E-state index contributed by atoms with van der Waals surface area (Å²) in [6.45, 7) is 8.35. The summed E-state index contributed by atoms with van der Waals surface area (Å²) in [7, 11) is 1.52. The van der Waals surface area contributed by atoms with Gasteiger partial charge in [-0.25, -0.2) is 0 Å². The van der Waals surface area contributed by atoms with Crippen molar-refractivity contribution in [2.45, 2.75) is 27.7 Å². The predicted molar refractivity (Wildman–Crippen MR) is 77.4 cm³/mol. The van der Waals surface area contributed by atoms with E-state index in [-0.39, 0.29) is 22.7 Å². The summed E-state index contributed by atoms with van der Waals surface area (Å²) < 4.78 is 5.23. The van der Waals surface area contributed by atoms with E-state index in [0.717, 1.165) is 0 Å². The van der Waals surface area contributed by atoms with Crippen LogP contribution in [0.25, 0.3) is 0 Å². The zero-order chi connectivity index (χ0) is 15.1. The number of para-hydroxylation sites is 1.